The molecular weight excluding hydrogens is 294 g/mol. The predicted molar refractivity (Wildman–Crippen MR) is 78.3 cm³/mol. The Morgan fingerprint density at radius 3 is 2.29 bits per heavy atom. The molecule has 1 N–H and O–H groups in total. The van der Waals surface area contributed by atoms with Gasteiger partial charge < -0.3 is 14.6 Å². The number of benzene rings is 1. The van der Waals surface area contributed by atoms with E-state index in [4.69, 9.17) is 14.6 Å². The third-order valence-electron chi connectivity index (χ3n) is 3.54. The zero-order valence-corrected chi connectivity index (χ0v) is 13.3. The number of nitrogens with zero attached hydrogens (tertiary/aromatic N) is 1. The Hall–Kier alpha value is -1.31. The van der Waals surface area contributed by atoms with Gasteiger partial charge in [-0.15, -0.1) is 0 Å². The Labute approximate surface area is 125 Å². The van der Waals surface area contributed by atoms with Crippen LogP contribution in [0, 0.1) is 6.92 Å². The molecule has 0 amide bonds. The topological polar surface area (TPSA) is 76.1 Å². The number of aliphatic hydroxyl groups excluding tert-OH is 1. The maximum Gasteiger partial charge on any atom is 0.243 e. The minimum Gasteiger partial charge on any atom is -0.493 e. The van der Waals surface area contributed by atoms with Gasteiger partial charge in [-0.3, -0.25) is 0 Å². The minimum atomic E-state index is -3.65. The van der Waals surface area contributed by atoms with Gasteiger partial charge in [0.2, 0.25) is 10.0 Å². The van der Waals surface area contributed by atoms with E-state index in [9.17, 15) is 8.42 Å². The van der Waals surface area contributed by atoms with E-state index in [1.165, 1.54) is 24.6 Å². The van der Waals surface area contributed by atoms with Crippen LogP contribution in [0.15, 0.2) is 17.0 Å². The maximum absolute atomic E-state index is 12.8. The van der Waals surface area contributed by atoms with Gasteiger partial charge in [-0.2, -0.15) is 4.31 Å². The van der Waals surface area contributed by atoms with Gasteiger partial charge in [-0.1, -0.05) is 0 Å². The van der Waals surface area contributed by atoms with E-state index in [0.717, 1.165) is 12.8 Å². The standard InChI is InChI=1S/C14H21NO5S/c1-10-8-12(19-2)13(20-3)9-14(10)21(17,18)15(6-7-16)11-4-5-11/h8-9,11,16H,4-7H2,1-3H3. The molecule has 0 spiro atoms. The van der Waals surface area contributed by atoms with Crippen LogP contribution in [-0.4, -0.2) is 51.2 Å². The minimum absolute atomic E-state index is 0.00496. The molecule has 118 valence electrons. The summed E-state index contributed by atoms with van der Waals surface area (Å²) in [6.07, 6.45) is 1.68. The van der Waals surface area contributed by atoms with E-state index in [1.807, 2.05) is 0 Å². The van der Waals surface area contributed by atoms with Crippen molar-refractivity contribution in [2.24, 2.45) is 0 Å². The molecule has 1 saturated carbocycles. The summed E-state index contributed by atoms with van der Waals surface area (Å²) in [5.41, 5.74) is 0.594. The first-order valence-corrected chi connectivity index (χ1v) is 8.25. The Bertz CT molecular complexity index is 610. The van der Waals surface area contributed by atoms with Crippen LogP contribution in [-0.2, 0) is 10.0 Å². The number of ether oxygens (including phenoxy) is 2. The second-order valence-corrected chi connectivity index (χ2v) is 6.90. The highest BCUT2D eigenvalue weighted by molar-refractivity contribution is 7.89. The number of hydrogen-bond donors (Lipinski definition) is 1. The molecule has 1 aromatic carbocycles. The highest BCUT2D eigenvalue weighted by Gasteiger charge is 2.38. The number of sulfonamides is 1. The summed E-state index contributed by atoms with van der Waals surface area (Å²) in [5, 5.41) is 9.13. The summed E-state index contributed by atoms with van der Waals surface area (Å²) in [6.45, 7) is 1.64. The molecule has 6 nitrogen and oxygen atoms in total. The van der Waals surface area contributed by atoms with Crippen LogP contribution in [0.25, 0.3) is 0 Å². The lowest BCUT2D eigenvalue weighted by Gasteiger charge is -2.22. The summed E-state index contributed by atoms with van der Waals surface area (Å²) >= 11 is 0. The lowest BCUT2D eigenvalue weighted by atomic mass is 10.2. The summed E-state index contributed by atoms with van der Waals surface area (Å²) in [4.78, 5) is 0.195. The lowest BCUT2D eigenvalue weighted by molar-refractivity contribution is 0.250. The van der Waals surface area contributed by atoms with Crippen molar-refractivity contribution in [3.05, 3.63) is 17.7 Å². The van der Waals surface area contributed by atoms with Crippen LogP contribution in [0.3, 0.4) is 0 Å². The Balaban J connectivity index is 2.48. The molecule has 0 aromatic heterocycles. The monoisotopic (exact) mass is 315 g/mol. The van der Waals surface area contributed by atoms with Gasteiger partial charge in [0.1, 0.15) is 0 Å². The van der Waals surface area contributed by atoms with Gasteiger partial charge in [0.25, 0.3) is 0 Å². The van der Waals surface area contributed by atoms with E-state index in [-0.39, 0.29) is 24.1 Å². The first kappa shape index (κ1) is 16.1. The van der Waals surface area contributed by atoms with E-state index >= 15 is 0 Å². The number of aryl methyl sites for hydroxylation is 1. The zero-order valence-electron chi connectivity index (χ0n) is 12.5. The first-order chi connectivity index (χ1) is 9.95. The second kappa shape index (κ2) is 6.21. The van der Waals surface area contributed by atoms with E-state index < -0.39 is 10.0 Å². The average Bonchev–Trinajstić information content (AvgIpc) is 3.28. The first-order valence-electron chi connectivity index (χ1n) is 6.81. The van der Waals surface area contributed by atoms with Crippen LogP contribution < -0.4 is 9.47 Å². The smallest absolute Gasteiger partial charge is 0.243 e. The largest absolute Gasteiger partial charge is 0.493 e. The highest BCUT2D eigenvalue weighted by Crippen LogP contribution is 2.37. The molecule has 0 atom stereocenters. The molecule has 0 heterocycles. The van der Waals surface area contributed by atoms with Crippen molar-refractivity contribution in [2.45, 2.75) is 30.7 Å². The van der Waals surface area contributed by atoms with Gasteiger partial charge in [0.05, 0.1) is 25.7 Å². The normalized spacial score (nSPS) is 15.3. The van der Waals surface area contributed by atoms with Crippen molar-refractivity contribution in [3.8, 4) is 11.5 Å². The van der Waals surface area contributed by atoms with E-state index in [1.54, 1.807) is 13.0 Å². The molecule has 0 bridgehead atoms. The quantitative estimate of drug-likeness (QED) is 0.817. The van der Waals surface area contributed by atoms with E-state index in [2.05, 4.69) is 0 Å². The van der Waals surface area contributed by atoms with Gasteiger partial charge in [-0.05, 0) is 31.4 Å². The van der Waals surface area contributed by atoms with Crippen molar-refractivity contribution in [1.82, 2.24) is 4.31 Å². The SMILES string of the molecule is COc1cc(C)c(S(=O)(=O)N(CCO)C2CC2)cc1OC. The van der Waals surface area contributed by atoms with Crippen LogP contribution in [0.4, 0.5) is 0 Å². The molecule has 0 saturated heterocycles. The van der Waals surface area contributed by atoms with Crippen molar-refractivity contribution in [3.63, 3.8) is 0 Å². The van der Waals surface area contributed by atoms with E-state index in [0.29, 0.717) is 17.1 Å². The van der Waals surface area contributed by atoms with Crippen LogP contribution in [0.2, 0.25) is 0 Å². The second-order valence-electron chi connectivity index (χ2n) is 5.04. The highest BCUT2D eigenvalue weighted by atomic mass is 32.2. The summed E-state index contributed by atoms with van der Waals surface area (Å²) in [5.74, 6) is 0.871. The molecule has 0 radical (unpaired) electrons. The van der Waals surface area contributed by atoms with Gasteiger partial charge in [0, 0.05) is 18.7 Å². The summed E-state index contributed by atoms with van der Waals surface area (Å²) in [7, 11) is -0.675. The molecule has 0 unspecified atom stereocenters. The zero-order chi connectivity index (χ0) is 15.6. The van der Waals surface area contributed by atoms with Crippen LogP contribution in [0.1, 0.15) is 18.4 Å². The Morgan fingerprint density at radius 2 is 1.81 bits per heavy atom. The van der Waals surface area contributed by atoms with Crippen molar-refractivity contribution in [1.29, 1.82) is 0 Å². The van der Waals surface area contributed by atoms with Gasteiger partial charge in [-0.25, -0.2) is 8.42 Å². The molecule has 1 aromatic rings. The van der Waals surface area contributed by atoms with Crippen molar-refractivity contribution >= 4 is 10.0 Å². The molecule has 1 aliphatic rings. The van der Waals surface area contributed by atoms with Crippen molar-refractivity contribution in [2.75, 3.05) is 27.4 Å². The third-order valence-corrected chi connectivity index (χ3v) is 5.64. The Morgan fingerprint density at radius 1 is 1.24 bits per heavy atom. The third kappa shape index (κ3) is 3.14. The summed E-state index contributed by atoms with van der Waals surface area (Å²) in [6, 6.07) is 3.13. The summed E-state index contributed by atoms with van der Waals surface area (Å²) < 4.78 is 37.4. The number of methoxy groups -OCH3 is 2. The maximum atomic E-state index is 12.8. The number of aliphatic hydroxyl groups is 1. The van der Waals surface area contributed by atoms with Gasteiger partial charge >= 0.3 is 0 Å². The van der Waals surface area contributed by atoms with Gasteiger partial charge in [0.15, 0.2) is 11.5 Å². The molecule has 2 rings (SSSR count). The van der Waals surface area contributed by atoms with Crippen LogP contribution in [0.5, 0.6) is 11.5 Å². The fourth-order valence-electron chi connectivity index (χ4n) is 2.33. The molecule has 1 aliphatic carbocycles. The number of hydrogen-bond acceptors (Lipinski definition) is 5. The fraction of sp³-hybridized carbons (Fsp3) is 0.571. The van der Waals surface area contributed by atoms with Crippen molar-refractivity contribution < 1.29 is 23.0 Å². The Kier molecular flexibility index (Phi) is 4.75. The fourth-order valence-corrected chi connectivity index (χ4v) is 4.23. The molecule has 21 heavy (non-hydrogen) atoms. The molecule has 1 fully saturated rings. The lowest BCUT2D eigenvalue weighted by Crippen LogP contribution is -2.35. The number of rotatable bonds is 7. The molecule has 0 aliphatic heterocycles. The molecule has 7 heteroatoms. The average molecular weight is 315 g/mol. The predicted octanol–water partition coefficient (Wildman–Crippen LogP) is 1.16. The molecular formula is C14H21NO5S. The van der Waals surface area contributed by atoms with Crippen LogP contribution >= 0.6 is 0 Å².